The summed E-state index contributed by atoms with van der Waals surface area (Å²) in [6.07, 6.45) is -10.0. The van der Waals surface area contributed by atoms with E-state index in [2.05, 4.69) is 23.2 Å². The molecule has 12 heavy (non-hydrogen) atoms. The Morgan fingerprint density at radius 1 is 0.917 bits per heavy atom. The molecule has 0 rings (SSSR count). The zero-order chi connectivity index (χ0) is 10.2. The van der Waals surface area contributed by atoms with E-state index in [4.69, 9.17) is 0 Å². The molecule has 0 amide bonds. The minimum Gasteiger partial charge on any atom is -0.231 e. The maximum Gasteiger partial charge on any atom is 0.425 e. The molecule has 0 aromatic heterocycles. The molecule has 1 unspecified atom stereocenters. The van der Waals surface area contributed by atoms with Crippen LogP contribution < -0.4 is 0 Å². The van der Waals surface area contributed by atoms with Crippen LogP contribution in [0, 0.1) is 0 Å². The highest BCUT2D eigenvalue weighted by Crippen LogP contribution is 2.40. The molecule has 0 nitrogen and oxygen atoms in total. The number of hydrogen-bond donors (Lipinski definition) is 0. The topological polar surface area (TPSA) is 0 Å². The van der Waals surface area contributed by atoms with Crippen molar-refractivity contribution in [1.82, 2.24) is 0 Å². The van der Waals surface area contributed by atoms with Crippen LogP contribution in [0.3, 0.4) is 0 Å². The number of alkyl halides is 8. The lowest BCUT2D eigenvalue weighted by molar-refractivity contribution is -0.240. The summed E-state index contributed by atoms with van der Waals surface area (Å²) in [7, 11) is 0. The molecule has 0 aliphatic heterocycles. The van der Waals surface area contributed by atoms with Gasteiger partial charge in [-0.05, 0) is 0 Å². The average Bonchev–Trinajstić information content (AvgIpc) is 1.83. The number of hydrogen-bond acceptors (Lipinski definition) is 0. The van der Waals surface area contributed by atoms with E-state index >= 15 is 0 Å². The Hall–Kier alpha value is 0.160. The van der Waals surface area contributed by atoms with E-state index in [1.54, 1.807) is 0 Å². The molecular formula is C4H2Cl2F6. The van der Waals surface area contributed by atoms with Gasteiger partial charge in [0.1, 0.15) is 0 Å². The Labute approximate surface area is 73.4 Å². The third-order valence-electron chi connectivity index (χ3n) is 0.916. The highest BCUT2D eigenvalue weighted by atomic mass is 35.5. The monoisotopic (exact) mass is 234 g/mol. The van der Waals surface area contributed by atoms with E-state index in [-0.39, 0.29) is 0 Å². The van der Waals surface area contributed by atoms with Gasteiger partial charge in [0.05, 0.1) is 0 Å². The van der Waals surface area contributed by atoms with Gasteiger partial charge in [-0.2, -0.15) is 22.0 Å². The Kier molecular flexibility index (Phi) is 3.54. The van der Waals surface area contributed by atoms with Gasteiger partial charge in [-0.3, -0.25) is 0 Å². The van der Waals surface area contributed by atoms with Gasteiger partial charge >= 0.3 is 12.1 Å². The fourth-order valence-corrected chi connectivity index (χ4v) is 0.550. The molecule has 0 spiro atoms. The van der Waals surface area contributed by atoms with E-state index in [0.29, 0.717) is 0 Å². The van der Waals surface area contributed by atoms with Crippen LogP contribution in [0.25, 0.3) is 0 Å². The molecule has 0 aromatic rings. The predicted octanol–water partition coefficient (Wildman–Crippen LogP) is 3.33. The highest BCUT2D eigenvalue weighted by molar-refractivity contribution is 6.45. The second-order valence-electron chi connectivity index (χ2n) is 1.88. The first-order chi connectivity index (χ1) is 5.10. The minimum atomic E-state index is -5.66. The molecular weight excluding hydrogens is 233 g/mol. The van der Waals surface area contributed by atoms with Crippen molar-refractivity contribution in [3.8, 4) is 0 Å². The maximum atomic E-state index is 12.1. The molecule has 1 atom stereocenters. The van der Waals surface area contributed by atoms with Gasteiger partial charge in [-0.1, -0.05) is 23.2 Å². The molecule has 0 fully saturated rings. The molecule has 0 aliphatic carbocycles. The van der Waals surface area contributed by atoms with Gasteiger partial charge in [0.25, 0.3) is 6.17 Å². The smallest absolute Gasteiger partial charge is 0.231 e. The SMILES string of the molecule is FC(C(F)(F)F)C(F)(F)C(Cl)Cl. The van der Waals surface area contributed by atoms with Gasteiger partial charge in [0.2, 0.25) is 0 Å². The second kappa shape index (κ2) is 3.49. The average molecular weight is 235 g/mol. The standard InChI is InChI=1S/C4H2Cl2F6/c5-2(6)3(8,9)1(7)4(10,11)12/h1-2H. The molecule has 0 bridgehead atoms. The summed E-state index contributed by atoms with van der Waals surface area (Å²) in [6, 6.07) is 0. The quantitative estimate of drug-likeness (QED) is 0.508. The maximum absolute atomic E-state index is 12.1. The van der Waals surface area contributed by atoms with Crippen molar-refractivity contribution in [3.05, 3.63) is 0 Å². The van der Waals surface area contributed by atoms with Gasteiger partial charge in [0.15, 0.2) is 4.84 Å². The third-order valence-corrected chi connectivity index (χ3v) is 1.50. The number of rotatable bonds is 2. The lowest BCUT2D eigenvalue weighted by atomic mass is 10.2. The summed E-state index contributed by atoms with van der Waals surface area (Å²) in [5, 5.41) is 0. The van der Waals surface area contributed by atoms with Crippen molar-refractivity contribution >= 4 is 23.2 Å². The summed E-state index contributed by atoms with van der Waals surface area (Å²) in [6.45, 7) is 0. The fourth-order valence-electron chi connectivity index (χ4n) is 0.329. The summed E-state index contributed by atoms with van der Waals surface area (Å²) in [5.41, 5.74) is 0. The van der Waals surface area contributed by atoms with Crippen LogP contribution >= 0.6 is 23.2 Å². The third kappa shape index (κ3) is 2.58. The van der Waals surface area contributed by atoms with E-state index in [0.717, 1.165) is 0 Å². The lowest BCUT2D eigenvalue weighted by Crippen LogP contribution is -2.45. The van der Waals surface area contributed by atoms with E-state index in [1.165, 1.54) is 0 Å². The summed E-state index contributed by atoms with van der Waals surface area (Å²) in [4.78, 5) is -2.73. The summed E-state index contributed by atoms with van der Waals surface area (Å²) < 4.78 is 70.0. The molecule has 0 aromatic carbocycles. The minimum absolute atomic E-state index is 2.73. The van der Waals surface area contributed by atoms with Crippen LogP contribution in [0.2, 0.25) is 0 Å². The first-order valence-electron chi connectivity index (χ1n) is 2.47. The van der Waals surface area contributed by atoms with Crippen molar-refractivity contribution in [2.24, 2.45) is 0 Å². The van der Waals surface area contributed by atoms with Crippen LogP contribution in [0.1, 0.15) is 0 Å². The van der Waals surface area contributed by atoms with Crippen molar-refractivity contribution in [1.29, 1.82) is 0 Å². The molecule has 0 saturated heterocycles. The molecule has 74 valence electrons. The summed E-state index contributed by atoms with van der Waals surface area (Å²) in [5.74, 6) is -4.82. The van der Waals surface area contributed by atoms with E-state index in [1.807, 2.05) is 0 Å². The molecule has 0 saturated carbocycles. The van der Waals surface area contributed by atoms with Crippen molar-refractivity contribution in [2.45, 2.75) is 23.1 Å². The largest absolute Gasteiger partial charge is 0.425 e. The lowest BCUT2D eigenvalue weighted by Gasteiger charge is -2.22. The molecule has 0 N–H and O–H groups in total. The number of halogens is 8. The zero-order valence-electron chi connectivity index (χ0n) is 5.18. The Morgan fingerprint density at radius 3 is 1.33 bits per heavy atom. The van der Waals surface area contributed by atoms with Crippen LogP contribution in [0.5, 0.6) is 0 Å². The Morgan fingerprint density at radius 2 is 1.25 bits per heavy atom. The highest BCUT2D eigenvalue weighted by Gasteiger charge is 2.60. The van der Waals surface area contributed by atoms with E-state index in [9.17, 15) is 26.3 Å². The van der Waals surface area contributed by atoms with Crippen molar-refractivity contribution < 1.29 is 26.3 Å². The van der Waals surface area contributed by atoms with Crippen LogP contribution in [0.4, 0.5) is 26.3 Å². The van der Waals surface area contributed by atoms with Gasteiger partial charge in [0, 0.05) is 0 Å². The van der Waals surface area contributed by atoms with Gasteiger partial charge in [-0.15, -0.1) is 0 Å². The zero-order valence-corrected chi connectivity index (χ0v) is 6.69. The van der Waals surface area contributed by atoms with Crippen LogP contribution in [-0.4, -0.2) is 23.1 Å². The molecule has 0 radical (unpaired) electrons. The van der Waals surface area contributed by atoms with Gasteiger partial charge in [-0.25, -0.2) is 4.39 Å². The fraction of sp³-hybridized carbons (Fsp3) is 1.00. The van der Waals surface area contributed by atoms with E-state index < -0.39 is 23.1 Å². The van der Waals surface area contributed by atoms with Crippen molar-refractivity contribution in [2.75, 3.05) is 0 Å². The molecule has 0 aliphatic rings. The Bertz CT molecular complexity index is 152. The van der Waals surface area contributed by atoms with Crippen LogP contribution in [0.15, 0.2) is 0 Å². The summed E-state index contributed by atoms with van der Waals surface area (Å²) >= 11 is 8.89. The van der Waals surface area contributed by atoms with Crippen molar-refractivity contribution in [3.63, 3.8) is 0 Å². The normalized spacial score (nSPS) is 16.8. The molecule has 8 heteroatoms. The first kappa shape index (κ1) is 12.2. The second-order valence-corrected chi connectivity index (χ2v) is 2.98. The predicted molar refractivity (Wildman–Crippen MR) is 31.4 cm³/mol. The molecule has 0 heterocycles. The Balaban J connectivity index is 4.57. The first-order valence-corrected chi connectivity index (χ1v) is 3.34. The van der Waals surface area contributed by atoms with Gasteiger partial charge < -0.3 is 0 Å². The van der Waals surface area contributed by atoms with Crippen LogP contribution in [-0.2, 0) is 0 Å².